The lowest BCUT2D eigenvalue weighted by molar-refractivity contribution is -0.139. The van der Waals surface area contributed by atoms with Gasteiger partial charge in [-0.25, -0.2) is 0 Å². The quantitative estimate of drug-likeness (QED) is 0.890. The highest BCUT2D eigenvalue weighted by atomic mass is 79.9. The van der Waals surface area contributed by atoms with Crippen molar-refractivity contribution in [1.82, 2.24) is 0 Å². The summed E-state index contributed by atoms with van der Waals surface area (Å²) in [5, 5.41) is 8.99. The third-order valence-electron chi connectivity index (χ3n) is 2.31. The third-order valence-corrected chi connectivity index (χ3v) is 2.72. The fourth-order valence-corrected chi connectivity index (χ4v) is 1.89. The smallest absolute Gasteiger partial charge is 0.311 e. The van der Waals surface area contributed by atoms with Crippen molar-refractivity contribution in [2.75, 3.05) is 0 Å². The van der Waals surface area contributed by atoms with Gasteiger partial charge in [0.15, 0.2) is 4.67 Å². The number of hydrogen-bond donors (Lipinski definition) is 1. The van der Waals surface area contributed by atoms with Crippen LogP contribution >= 0.6 is 15.9 Å². The van der Waals surface area contributed by atoms with E-state index < -0.39 is 5.97 Å². The zero-order valence-electron chi connectivity index (χ0n) is 6.87. The minimum Gasteiger partial charge on any atom is -0.481 e. The lowest BCUT2D eigenvalue weighted by atomic mass is 9.97. The lowest BCUT2D eigenvalue weighted by Crippen LogP contribution is -2.12. The normalized spacial score (nSPS) is 18.5. The second kappa shape index (κ2) is 3.18. The van der Waals surface area contributed by atoms with E-state index in [4.69, 9.17) is 9.52 Å². The van der Waals surface area contributed by atoms with Crippen molar-refractivity contribution >= 4 is 21.9 Å². The second-order valence-corrected chi connectivity index (χ2v) is 4.12. The van der Waals surface area contributed by atoms with E-state index in [1.807, 2.05) is 0 Å². The number of carbonyl (C=O) groups is 1. The van der Waals surface area contributed by atoms with Crippen LogP contribution in [0.2, 0.25) is 0 Å². The number of halogens is 1. The highest BCUT2D eigenvalue weighted by Gasteiger charge is 2.38. The Labute approximate surface area is 83.9 Å². The fraction of sp³-hybridized carbons (Fsp3) is 0.444. The molecule has 3 nitrogen and oxygen atoms in total. The molecule has 1 atom stereocenters. The Morgan fingerprint density at radius 2 is 2.38 bits per heavy atom. The third kappa shape index (κ3) is 1.77. The standard InChI is InChI=1S/C9H9BrO3/c10-7-3-6(4-13-7)8(9(11)12)5-1-2-5/h3-5,8H,1-2H2,(H,11,12). The Bertz CT molecular complexity index is 327. The van der Waals surface area contributed by atoms with Gasteiger partial charge >= 0.3 is 5.97 Å². The molecule has 1 unspecified atom stereocenters. The van der Waals surface area contributed by atoms with Crippen molar-refractivity contribution in [1.29, 1.82) is 0 Å². The van der Waals surface area contributed by atoms with Gasteiger partial charge in [0.05, 0.1) is 12.2 Å². The van der Waals surface area contributed by atoms with Crippen molar-refractivity contribution in [3.8, 4) is 0 Å². The molecular weight excluding hydrogens is 236 g/mol. The molecule has 1 aromatic heterocycles. The van der Waals surface area contributed by atoms with Gasteiger partial charge < -0.3 is 9.52 Å². The van der Waals surface area contributed by atoms with Crippen molar-refractivity contribution in [2.45, 2.75) is 18.8 Å². The van der Waals surface area contributed by atoms with Crippen molar-refractivity contribution in [2.24, 2.45) is 5.92 Å². The predicted molar refractivity (Wildman–Crippen MR) is 49.5 cm³/mol. The molecule has 1 fully saturated rings. The van der Waals surface area contributed by atoms with E-state index in [9.17, 15) is 4.79 Å². The molecule has 0 aliphatic heterocycles. The van der Waals surface area contributed by atoms with Crippen LogP contribution in [-0.2, 0) is 4.79 Å². The number of furan rings is 1. The van der Waals surface area contributed by atoms with Crippen LogP contribution < -0.4 is 0 Å². The minimum atomic E-state index is -0.754. The molecule has 1 aromatic rings. The Kier molecular flexibility index (Phi) is 2.15. The van der Waals surface area contributed by atoms with Crippen LogP contribution in [0.1, 0.15) is 24.3 Å². The molecule has 0 amide bonds. The molecule has 70 valence electrons. The zero-order chi connectivity index (χ0) is 9.42. The van der Waals surface area contributed by atoms with E-state index in [-0.39, 0.29) is 5.92 Å². The molecule has 13 heavy (non-hydrogen) atoms. The molecule has 0 aromatic carbocycles. The second-order valence-electron chi connectivity index (χ2n) is 3.34. The van der Waals surface area contributed by atoms with Crippen LogP contribution in [0.25, 0.3) is 0 Å². The molecule has 1 N–H and O–H groups in total. The Hall–Kier alpha value is -0.770. The molecule has 1 heterocycles. The summed E-state index contributed by atoms with van der Waals surface area (Å²) in [6.45, 7) is 0. The van der Waals surface area contributed by atoms with Crippen LogP contribution in [0.3, 0.4) is 0 Å². The van der Waals surface area contributed by atoms with Crippen LogP contribution in [-0.4, -0.2) is 11.1 Å². The summed E-state index contributed by atoms with van der Waals surface area (Å²) in [5.41, 5.74) is 0.766. The first-order chi connectivity index (χ1) is 6.18. The summed E-state index contributed by atoms with van der Waals surface area (Å²) < 4.78 is 5.62. The number of rotatable bonds is 3. The maximum Gasteiger partial charge on any atom is 0.311 e. The Balaban J connectivity index is 2.24. The maximum absolute atomic E-state index is 10.9. The monoisotopic (exact) mass is 244 g/mol. The van der Waals surface area contributed by atoms with E-state index in [2.05, 4.69) is 15.9 Å². The number of carboxylic acids is 1. The molecule has 1 aliphatic carbocycles. The van der Waals surface area contributed by atoms with Gasteiger partial charge in [-0.3, -0.25) is 4.79 Å². The summed E-state index contributed by atoms with van der Waals surface area (Å²) in [6.07, 6.45) is 3.54. The van der Waals surface area contributed by atoms with Crippen LogP contribution in [0.4, 0.5) is 0 Å². The van der Waals surface area contributed by atoms with Gasteiger partial charge in [-0.1, -0.05) is 0 Å². The van der Waals surface area contributed by atoms with Crippen molar-refractivity contribution < 1.29 is 14.3 Å². The number of aliphatic carboxylic acids is 1. The van der Waals surface area contributed by atoms with Crippen LogP contribution in [0.15, 0.2) is 21.4 Å². The number of carboxylic acid groups (broad SMARTS) is 1. The highest BCUT2D eigenvalue weighted by Crippen LogP contribution is 2.43. The van der Waals surface area contributed by atoms with Gasteiger partial charge in [0.25, 0.3) is 0 Å². The SMILES string of the molecule is O=C(O)C(c1coc(Br)c1)C1CC1. The van der Waals surface area contributed by atoms with Crippen molar-refractivity contribution in [3.05, 3.63) is 22.6 Å². The fourth-order valence-electron chi connectivity index (χ4n) is 1.53. The molecular formula is C9H9BrO3. The molecule has 1 saturated carbocycles. The summed E-state index contributed by atoms with van der Waals surface area (Å²) in [6, 6.07) is 1.73. The van der Waals surface area contributed by atoms with Gasteiger partial charge in [0.2, 0.25) is 0 Å². The average Bonchev–Trinajstić information content (AvgIpc) is 2.76. The molecule has 0 bridgehead atoms. The first-order valence-corrected chi connectivity index (χ1v) is 4.94. The average molecular weight is 245 g/mol. The van der Waals surface area contributed by atoms with Crippen LogP contribution in [0, 0.1) is 5.92 Å². The summed E-state index contributed by atoms with van der Waals surface area (Å²) in [5.74, 6) is -0.826. The summed E-state index contributed by atoms with van der Waals surface area (Å²) in [4.78, 5) is 10.9. The molecule has 0 saturated heterocycles. The molecule has 0 spiro atoms. The summed E-state index contributed by atoms with van der Waals surface area (Å²) in [7, 11) is 0. The number of hydrogen-bond acceptors (Lipinski definition) is 2. The predicted octanol–water partition coefficient (Wildman–Crippen LogP) is 2.62. The molecule has 4 heteroatoms. The van der Waals surface area contributed by atoms with E-state index in [1.54, 1.807) is 6.07 Å². The maximum atomic E-state index is 10.9. The van der Waals surface area contributed by atoms with Crippen molar-refractivity contribution in [3.63, 3.8) is 0 Å². The summed E-state index contributed by atoms with van der Waals surface area (Å²) >= 11 is 3.16. The van der Waals surface area contributed by atoms with E-state index in [0.29, 0.717) is 10.6 Å². The first-order valence-electron chi connectivity index (χ1n) is 4.15. The van der Waals surface area contributed by atoms with Crippen LogP contribution in [0.5, 0.6) is 0 Å². The van der Waals surface area contributed by atoms with Gasteiger partial charge in [-0.2, -0.15) is 0 Å². The highest BCUT2D eigenvalue weighted by molar-refractivity contribution is 9.10. The van der Waals surface area contributed by atoms with Gasteiger partial charge in [0, 0.05) is 5.56 Å². The van der Waals surface area contributed by atoms with Gasteiger partial charge in [0.1, 0.15) is 0 Å². The molecule has 0 radical (unpaired) electrons. The topological polar surface area (TPSA) is 50.4 Å². The Morgan fingerprint density at radius 3 is 2.77 bits per heavy atom. The molecule has 1 aliphatic rings. The first kappa shape index (κ1) is 8.81. The zero-order valence-corrected chi connectivity index (χ0v) is 8.45. The van der Waals surface area contributed by atoms with E-state index in [0.717, 1.165) is 18.4 Å². The minimum absolute atomic E-state index is 0.307. The van der Waals surface area contributed by atoms with E-state index in [1.165, 1.54) is 6.26 Å². The Morgan fingerprint density at radius 1 is 1.69 bits per heavy atom. The van der Waals surface area contributed by atoms with Gasteiger partial charge in [-0.05, 0) is 40.8 Å². The van der Waals surface area contributed by atoms with E-state index >= 15 is 0 Å². The van der Waals surface area contributed by atoms with Gasteiger partial charge in [-0.15, -0.1) is 0 Å². The largest absolute Gasteiger partial charge is 0.481 e. The lowest BCUT2D eigenvalue weighted by Gasteiger charge is -2.06. The molecule has 2 rings (SSSR count).